The molecule has 0 spiro atoms. The predicted molar refractivity (Wildman–Crippen MR) is 96.6 cm³/mol. The molecule has 0 amide bonds. The second-order valence-electron chi connectivity index (χ2n) is 6.20. The molecule has 0 radical (unpaired) electrons. The number of alkyl halides is 3. The molecule has 1 aliphatic rings. The van der Waals surface area contributed by atoms with E-state index in [1.165, 1.54) is 0 Å². The van der Waals surface area contributed by atoms with Gasteiger partial charge in [0.1, 0.15) is 16.8 Å². The molecule has 0 aliphatic carbocycles. The fourth-order valence-corrected chi connectivity index (χ4v) is 5.75. The summed E-state index contributed by atoms with van der Waals surface area (Å²) in [5, 5.41) is 20.2. The molecular weight excluding hydrogens is 554 g/mol. The average Bonchev–Trinajstić information content (AvgIpc) is 2.82. The van der Waals surface area contributed by atoms with E-state index in [4.69, 9.17) is 19.4 Å². The maximum absolute atomic E-state index is 13.6. The summed E-state index contributed by atoms with van der Waals surface area (Å²) in [4.78, 5) is 49.2. The van der Waals surface area contributed by atoms with E-state index in [0.29, 0.717) is 6.20 Å². The zero-order valence-corrected chi connectivity index (χ0v) is 18.9. The van der Waals surface area contributed by atoms with E-state index in [0.717, 1.165) is 6.07 Å². The predicted octanol–water partition coefficient (Wildman–Crippen LogP) is -0.199. The number of hydrogen-bond donors (Lipinski definition) is 7. The molecule has 0 bridgehead atoms. The summed E-state index contributed by atoms with van der Waals surface area (Å²) in [6, 6.07) is 0.947. The van der Waals surface area contributed by atoms with Crippen molar-refractivity contribution in [3.63, 3.8) is 0 Å². The molecule has 1 aromatic heterocycles. The van der Waals surface area contributed by atoms with Crippen molar-refractivity contribution in [1.29, 1.82) is 0 Å². The van der Waals surface area contributed by atoms with Gasteiger partial charge in [-0.15, -0.1) is 0 Å². The van der Waals surface area contributed by atoms with Crippen molar-refractivity contribution in [3.8, 4) is 0 Å². The lowest BCUT2D eigenvalue weighted by Crippen LogP contribution is -2.58. The van der Waals surface area contributed by atoms with Crippen LogP contribution in [0.5, 0.6) is 0 Å². The van der Waals surface area contributed by atoms with Crippen LogP contribution in [0.3, 0.4) is 0 Å². The summed E-state index contributed by atoms with van der Waals surface area (Å²) < 4.78 is 90.1. The second kappa shape index (κ2) is 9.33. The van der Waals surface area contributed by atoms with Gasteiger partial charge in [0.05, 0.1) is 6.61 Å². The maximum atomic E-state index is 13.6. The number of ether oxygens (including phenoxy) is 1. The average molecular weight is 568 g/mol. The van der Waals surface area contributed by atoms with Gasteiger partial charge in [0.25, 0.3) is 0 Å². The quantitative estimate of drug-likeness (QED) is 0.159. The van der Waals surface area contributed by atoms with Crippen molar-refractivity contribution in [1.82, 2.24) is 9.55 Å². The Balaban J connectivity index is 2.29. The number of nitrogens with zero attached hydrogens (tertiary/aromatic N) is 1. The topological polar surface area (TPSA) is 247 Å². The molecule has 3 unspecified atom stereocenters. The van der Waals surface area contributed by atoms with Crippen LogP contribution < -0.4 is 5.69 Å². The highest BCUT2D eigenvalue weighted by Crippen LogP contribution is 2.66. The number of nitrogens with one attached hydrogen (secondary N) is 1. The highest BCUT2D eigenvalue weighted by atomic mass is 32.1. The van der Waals surface area contributed by atoms with Crippen LogP contribution in [0, 0.1) is 4.64 Å². The van der Waals surface area contributed by atoms with Crippen LogP contribution in [0.4, 0.5) is 13.2 Å². The molecule has 190 valence electrons. The zero-order valence-electron chi connectivity index (χ0n) is 15.4. The molecule has 23 heteroatoms. The zero-order chi connectivity index (χ0) is 25.6. The van der Waals surface area contributed by atoms with Crippen LogP contribution in [0.25, 0.3) is 0 Å². The molecule has 2 heterocycles. The lowest BCUT2D eigenvalue weighted by molar-refractivity contribution is -0.304. The van der Waals surface area contributed by atoms with Gasteiger partial charge in [-0.05, 0) is 6.07 Å². The van der Waals surface area contributed by atoms with Gasteiger partial charge in [-0.3, -0.25) is 14.1 Å². The summed E-state index contributed by atoms with van der Waals surface area (Å²) in [6.45, 7) is -1.53. The minimum atomic E-state index is -5.93. The second-order valence-corrected chi connectivity index (χ2v) is 11.1. The van der Waals surface area contributed by atoms with E-state index in [9.17, 15) is 46.8 Å². The summed E-state index contributed by atoms with van der Waals surface area (Å²) >= 11 is 4.63. The SMILES string of the molecule is O=c1[nH]c(=S)ccn1[C@@H]1O[C@H](COP(=O)(O)OP(=O)(O)OP(=O)(O)O)[C@H](O)C1(O)C(F)(F)F. The Kier molecular flexibility index (Phi) is 8.03. The van der Waals surface area contributed by atoms with Crippen LogP contribution >= 0.6 is 35.7 Å². The minimum Gasteiger partial charge on any atom is -0.387 e. The van der Waals surface area contributed by atoms with Gasteiger partial charge >= 0.3 is 35.3 Å². The number of H-pyrrole nitrogens is 1. The number of phosphoric acid groups is 3. The number of aliphatic hydroxyl groups excluding tert-OH is 1. The van der Waals surface area contributed by atoms with Gasteiger partial charge in [0.2, 0.25) is 5.60 Å². The number of aliphatic hydroxyl groups is 2. The number of halogens is 3. The molecule has 7 N–H and O–H groups in total. The number of phosphoric ester groups is 1. The maximum Gasteiger partial charge on any atom is 0.490 e. The van der Waals surface area contributed by atoms with Crippen molar-refractivity contribution < 1.29 is 74.5 Å². The first-order valence-electron chi connectivity index (χ1n) is 7.91. The molecule has 6 atom stereocenters. The van der Waals surface area contributed by atoms with Gasteiger partial charge < -0.3 is 34.5 Å². The van der Waals surface area contributed by atoms with Crippen molar-refractivity contribution in [2.45, 2.75) is 30.2 Å². The molecule has 33 heavy (non-hydrogen) atoms. The summed E-state index contributed by atoms with van der Waals surface area (Å²) in [5.74, 6) is 0. The fraction of sp³-hybridized carbons (Fsp3) is 0.600. The Bertz CT molecular complexity index is 1150. The van der Waals surface area contributed by atoms with Crippen LogP contribution in [-0.2, 0) is 31.6 Å². The van der Waals surface area contributed by atoms with E-state index in [1.54, 1.807) is 0 Å². The molecule has 1 aliphatic heterocycles. The van der Waals surface area contributed by atoms with Crippen molar-refractivity contribution >= 4 is 35.7 Å². The van der Waals surface area contributed by atoms with Crippen molar-refractivity contribution in [2.24, 2.45) is 0 Å². The van der Waals surface area contributed by atoms with Gasteiger partial charge in [-0.2, -0.15) is 21.8 Å². The molecule has 1 saturated heterocycles. The van der Waals surface area contributed by atoms with E-state index < -0.39 is 66.0 Å². The molecule has 2 rings (SSSR count). The molecule has 0 aromatic carbocycles. The first-order valence-corrected chi connectivity index (χ1v) is 12.8. The Morgan fingerprint density at radius 1 is 1.18 bits per heavy atom. The Morgan fingerprint density at radius 2 is 1.76 bits per heavy atom. The normalized spacial score (nSPS) is 30.0. The number of hydrogen-bond acceptors (Lipinski definition) is 11. The smallest absolute Gasteiger partial charge is 0.387 e. The molecule has 0 saturated carbocycles. The van der Waals surface area contributed by atoms with Crippen molar-refractivity contribution in [2.75, 3.05) is 6.61 Å². The van der Waals surface area contributed by atoms with E-state index in [-0.39, 0.29) is 9.21 Å². The third-order valence-corrected chi connectivity index (χ3v) is 7.90. The molecule has 1 fully saturated rings. The van der Waals surface area contributed by atoms with Gasteiger partial charge in [-0.25, -0.2) is 18.5 Å². The summed E-state index contributed by atoms with van der Waals surface area (Å²) in [6.07, 6.45) is -12.9. The van der Waals surface area contributed by atoms with E-state index in [1.807, 2.05) is 4.98 Å². The third-order valence-electron chi connectivity index (χ3n) is 3.86. The monoisotopic (exact) mass is 568 g/mol. The van der Waals surface area contributed by atoms with E-state index >= 15 is 0 Å². The number of aromatic nitrogens is 2. The largest absolute Gasteiger partial charge is 0.490 e. The summed E-state index contributed by atoms with van der Waals surface area (Å²) in [7, 11) is -17.4. The Morgan fingerprint density at radius 3 is 2.24 bits per heavy atom. The number of rotatable bonds is 8. The lowest BCUT2D eigenvalue weighted by atomic mass is 9.93. The van der Waals surface area contributed by atoms with Gasteiger partial charge in [0.15, 0.2) is 6.23 Å². The first-order chi connectivity index (χ1) is 14.7. The standard InChI is InChI=1S/C10H14F3N2O14P3S/c11-10(12,13)9(18)6(16)4(27-7(9)15-2-1-5(33)14-8(15)17)3-26-31(22,23)29-32(24,25)28-30(19,20)21/h1-2,4,6-7,16,18H,3H2,(H,22,23)(H,24,25)(H,14,17,33)(H2,19,20,21)/t4-,6+,7-,9?/m1/s1. The van der Waals surface area contributed by atoms with Gasteiger partial charge in [-0.1, -0.05) is 12.2 Å². The van der Waals surface area contributed by atoms with E-state index in [2.05, 4.69) is 25.4 Å². The molecular formula is C10H14F3N2O14P3S. The Labute approximate surface area is 184 Å². The first kappa shape index (κ1) is 28.4. The van der Waals surface area contributed by atoms with Crippen LogP contribution in [0.1, 0.15) is 6.23 Å². The third kappa shape index (κ3) is 6.65. The van der Waals surface area contributed by atoms with Crippen molar-refractivity contribution in [3.05, 3.63) is 27.4 Å². The number of aromatic amines is 1. The van der Waals surface area contributed by atoms with Crippen LogP contribution in [0.15, 0.2) is 17.1 Å². The molecule has 16 nitrogen and oxygen atoms in total. The van der Waals surface area contributed by atoms with Crippen LogP contribution in [0.2, 0.25) is 0 Å². The van der Waals surface area contributed by atoms with Crippen LogP contribution in [-0.4, -0.2) is 69.9 Å². The fourth-order valence-electron chi connectivity index (χ4n) is 2.57. The molecule has 1 aromatic rings. The minimum absolute atomic E-state index is 0.178. The Hall–Kier alpha value is -0.820. The lowest BCUT2D eigenvalue weighted by Gasteiger charge is -2.33. The highest BCUT2D eigenvalue weighted by molar-refractivity contribution is 7.71. The van der Waals surface area contributed by atoms with Gasteiger partial charge in [0, 0.05) is 6.20 Å². The highest BCUT2D eigenvalue weighted by Gasteiger charge is 2.71. The summed E-state index contributed by atoms with van der Waals surface area (Å²) in [5.41, 5.74) is -5.46.